The van der Waals surface area contributed by atoms with Crippen molar-refractivity contribution in [3.63, 3.8) is 0 Å². The Labute approximate surface area is 214 Å². The number of ether oxygens (including phenoxy) is 1. The van der Waals surface area contributed by atoms with Crippen LogP contribution < -0.4 is 15.1 Å². The van der Waals surface area contributed by atoms with Crippen LogP contribution >= 0.6 is 12.4 Å². The summed E-state index contributed by atoms with van der Waals surface area (Å²) in [5, 5.41) is 5.25. The van der Waals surface area contributed by atoms with Crippen LogP contribution in [0.1, 0.15) is 43.0 Å². The summed E-state index contributed by atoms with van der Waals surface area (Å²) in [6.07, 6.45) is 2.68. The molecule has 0 saturated carbocycles. The zero-order valence-corrected chi connectivity index (χ0v) is 21.8. The van der Waals surface area contributed by atoms with Crippen LogP contribution in [0, 0.1) is 13.8 Å². The first-order valence-electron chi connectivity index (χ1n) is 12.1. The molecule has 1 saturated heterocycles. The van der Waals surface area contributed by atoms with Gasteiger partial charge in [0, 0.05) is 30.9 Å². The van der Waals surface area contributed by atoms with Gasteiger partial charge in [-0.2, -0.15) is 4.98 Å². The van der Waals surface area contributed by atoms with E-state index in [1.54, 1.807) is 6.20 Å². The van der Waals surface area contributed by atoms with Gasteiger partial charge in [-0.3, -0.25) is 4.84 Å². The molecule has 7 nitrogen and oxygen atoms in total. The Balaban J connectivity index is 0.00000342. The molecule has 1 fully saturated rings. The minimum Gasteiger partial charge on any atom is -0.492 e. The molecule has 3 aromatic rings. The fraction of sp³-hybridized carbons (Fsp3) is 0.407. The molecule has 1 aromatic heterocycles. The predicted molar refractivity (Wildman–Crippen MR) is 144 cm³/mol. The van der Waals surface area contributed by atoms with Gasteiger partial charge in [-0.1, -0.05) is 44.2 Å². The van der Waals surface area contributed by atoms with Gasteiger partial charge in [0.1, 0.15) is 12.4 Å². The number of nitrogens with one attached hydrogen (secondary N) is 1. The van der Waals surface area contributed by atoms with Crippen molar-refractivity contribution in [3.8, 4) is 5.75 Å². The Morgan fingerprint density at radius 2 is 1.80 bits per heavy atom. The number of hydrogen-bond acceptors (Lipinski definition) is 7. The quantitative estimate of drug-likeness (QED) is 0.376. The van der Waals surface area contributed by atoms with Gasteiger partial charge in [0.2, 0.25) is 5.95 Å². The van der Waals surface area contributed by atoms with E-state index >= 15 is 0 Å². The third kappa shape index (κ3) is 6.63. The Bertz CT molecular complexity index is 1060. The van der Waals surface area contributed by atoms with Crippen LogP contribution in [-0.4, -0.2) is 47.7 Å². The number of halogens is 1. The van der Waals surface area contributed by atoms with Crippen LogP contribution in [0.3, 0.4) is 0 Å². The minimum atomic E-state index is 0. The van der Waals surface area contributed by atoms with E-state index in [4.69, 9.17) is 14.6 Å². The maximum atomic E-state index is 6.12. The van der Waals surface area contributed by atoms with Crippen molar-refractivity contribution >= 4 is 29.9 Å². The van der Waals surface area contributed by atoms with Gasteiger partial charge >= 0.3 is 0 Å². The number of likely N-dealkylation sites (N-methyl/N-ethyl adjacent to an activating group) is 1. The lowest BCUT2D eigenvalue weighted by Gasteiger charge is -2.24. The predicted octanol–water partition coefficient (Wildman–Crippen LogP) is 5.86. The summed E-state index contributed by atoms with van der Waals surface area (Å²) < 4.78 is 6.12. The highest BCUT2D eigenvalue weighted by molar-refractivity contribution is 5.85. The third-order valence-corrected chi connectivity index (χ3v) is 6.22. The molecule has 35 heavy (non-hydrogen) atoms. The average molecular weight is 498 g/mol. The van der Waals surface area contributed by atoms with Crippen molar-refractivity contribution in [2.75, 3.05) is 43.2 Å². The summed E-state index contributed by atoms with van der Waals surface area (Å²) in [6.45, 7) is 12.8. The third-order valence-electron chi connectivity index (χ3n) is 6.22. The molecule has 0 radical (unpaired) electrons. The Morgan fingerprint density at radius 1 is 1.09 bits per heavy atom. The standard InChI is InChI=1S/C27H35N5O2.ClH/c1-5-31(6-2)15-17-33-26-20(3)18-23(19-21(26)4)29-27-28-14-12-25(30-27)32-24(13-16-34-32)22-10-8-7-9-11-22;/h7-12,14,18-19,24H,5-6,13,15-17H2,1-4H3,(H,28,29,30);1H/t24-;/m0./s1. The SMILES string of the molecule is CCN(CC)CCOc1c(C)cc(Nc2nccc(N3OCC[C@H]3c3ccccc3)n2)cc1C.Cl. The average Bonchev–Trinajstić information content (AvgIpc) is 3.34. The molecule has 0 bridgehead atoms. The fourth-order valence-electron chi connectivity index (χ4n) is 4.40. The molecule has 1 aliphatic heterocycles. The molecule has 0 aliphatic carbocycles. The molecular formula is C27H36ClN5O2. The van der Waals surface area contributed by atoms with E-state index in [-0.39, 0.29) is 18.4 Å². The Kier molecular flexibility index (Phi) is 9.72. The molecule has 1 atom stereocenters. The number of aromatic nitrogens is 2. The topological polar surface area (TPSA) is 62.8 Å². The maximum Gasteiger partial charge on any atom is 0.229 e. The van der Waals surface area contributed by atoms with Crippen molar-refractivity contribution < 1.29 is 9.57 Å². The molecule has 2 aromatic carbocycles. The molecule has 4 rings (SSSR count). The molecule has 2 heterocycles. The largest absolute Gasteiger partial charge is 0.492 e. The van der Waals surface area contributed by atoms with Crippen LogP contribution in [0.4, 0.5) is 17.5 Å². The summed E-state index contributed by atoms with van der Waals surface area (Å²) >= 11 is 0. The molecule has 188 valence electrons. The van der Waals surface area contributed by atoms with Crippen molar-refractivity contribution in [2.45, 2.75) is 40.2 Å². The summed E-state index contributed by atoms with van der Waals surface area (Å²) in [6, 6.07) is 16.6. The minimum absolute atomic E-state index is 0. The first kappa shape index (κ1) is 26.7. The second-order valence-corrected chi connectivity index (χ2v) is 8.55. The number of hydrogen-bond donors (Lipinski definition) is 1. The van der Waals surface area contributed by atoms with E-state index in [0.29, 0.717) is 19.2 Å². The van der Waals surface area contributed by atoms with E-state index < -0.39 is 0 Å². The van der Waals surface area contributed by atoms with Crippen LogP contribution in [0.15, 0.2) is 54.7 Å². The van der Waals surface area contributed by atoms with E-state index in [2.05, 4.69) is 79.3 Å². The molecule has 8 heteroatoms. The molecule has 1 N–H and O–H groups in total. The van der Waals surface area contributed by atoms with E-state index in [9.17, 15) is 0 Å². The van der Waals surface area contributed by atoms with Gasteiger partial charge in [0.05, 0.1) is 12.6 Å². The number of rotatable bonds is 10. The maximum absolute atomic E-state index is 6.12. The second-order valence-electron chi connectivity index (χ2n) is 8.55. The smallest absolute Gasteiger partial charge is 0.229 e. The van der Waals surface area contributed by atoms with Gasteiger partial charge in [0.15, 0.2) is 5.82 Å². The van der Waals surface area contributed by atoms with Crippen LogP contribution in [0.25, 0.3) is 0 Å². The monoisotopic (exact) mass is 497 g/mol. The second kappa shape index (κ2) is 12.7. The van der Waals surface area contributed by atoms with Gasteiger partial charge in [-0.25, -0.2) is 10.0 Å². The van der Waals surface area contributed by atoms with Crippen molar-refractivity contribution in [3.05, 3.63) is 71.4 Å². The van der Waals surface area contributed by atoms with Gasteiger partial charge in [-0.05, 0) is 55.8 Å². The van der Waals surface area contributed by atoms with Crippen LogP contribution in [0.5, 0.6) is 5.75 Å². The number of aryl methyl sites for hydroxylation is 2. The van der Waals surface area contributed by atoms with Gasteiger partial charge < -0.3 is 15.0 Å². The summed E-state index contributed by atoms with van der Waals surface area (Å²) in [5.41, 5.74) is 4.33. The van der Waals surface area contributed by atoms with E-state index in [1.165, 1.54) is 5.56 Å². The Morgan fingerprint density at radius 3 is 2.49 bits per heavy atom. The fourth-order valence-corrected chi connectivity index (χ4v) is 4.40. The highest BCUT2D eigenvalue weighted by atomic mass is 35.5. The number of benzene rings is 2. The first-order chi connectivity index (χ1) is 16.6. The normalized spacial score (nSPS) is 15.2. The van der Waals surface area contributed by atoms with Crippen molar-refractivity contribution in [1.29, 1.82) is 0 Å². The summed E-state index contributed by atoms with van der Waals surface area (Å²) in [5.74, 6) is 2.23. The lowest BCUT2D eigenvalue weighted by molar-refractivity contribution is 0.157. The Hall–Kier alpha value is -2.87. The highest BCUT2D eigenvalue weighted by Gasteiger charge is 2.29. The zero-order valence-electron chi connectivity index (χ0n) is 21.0. The number of nitrogens with zero attached hydrogens (tertiary/aromatic N) is 4. The molecule has 0 unspecified atom stereocenters. The zero-order chi connectivity index (χ0) is 23.9. The number of anilines is 3. The van der Waals surface area contributed by atoms with Crippen molar-refractivity contribution in [1.82, 2.24) is 14.9 Å². The molecular weight excluding hydrogens is 462 g/mol. The lowest BCUT2D eigenvalue weighted by Crippen LogP contribution is -2.28. The highest BCUT2D eigenvalue weighted by Crippen LogP contribution is 2.34. The molecule has 0 spiro atoms. The van der Waals surface area contributed by atoms with Crippen molar-refractivity contribution in [2.24, 2.45) is 0 Å². The van der Waals surface area contributed by atoms with E-state index in [1.807, 2.05) is 17.2 Å². The van der Waals surface area contributed by atoms with Crippen LogP contribution in [-0.2, 0) is 4.84 Å². The molecule has 0 amide bonds. The summed E-state index contributed by atoms with van der Waals surface area (Å²) in [7, 11) is 0. The first-order valence-corrected chi connectivity index (χ1v) is 12.1. The lowest BCUT2D eigenvalue weighted by atomic mass is 10.0. The van der Waals surface area contributed by atoms with Crippen LogP contribution in [0.2, 0.25) is 0 Å². The number of hydroxylamine groups is 1. The van der Waals surface area contributed by atoms with Gasteiger partial charge in [0.25, 0.3) is 0 Å². The van der Waals surface area contributed by atoms with E-state index in [0.717, 1.165) is 54.4 Å². The van der Waals surface area contributed by atoms with Gasteiger partial charge in [-0.15, -0.1) is 12.4 Å². The summed E-state index contributed by atoms with van der Waals surface area (Å²) in [4.78, 5) is 17.5. The molecule has 1 aliphatic rings.